The number of nitrogens with two attached hydrogens (primary N) is 1. The van der Waals surface area contributed by atoms with E-state index in [1.807, 2.05) is 0 Å². The Kier molecular flexibility index (Phi) is 3.24. The van der Waals surface area contributed by atoms with Crippen LogP contribution in [0, 0.1) is 0 Å². The molecule has 0 aliphatic heterocycles. The Bertz CT molecular complexity index is 408. The Morgan fingerprint density at radius 3 is 3.12 bits per heavy atom. The Morgan fingerprint density at radius 1 is 1.62 bits per heavy atom. The number of carbonyl (C=O) groups is 1. The first-order chi connectivity index (χ1) is 7.77. The number of hydrogen-bond acceptors (Lipinski definition) is 3. The van der Waals surface area contributed by atoms with Crippen molar-refractivity contribution in [1.29, 1.82) is 0 Å². The van der Waals surface area contributed by atoms with E-state index in [2.05, 4.69) is 21.6 Å². The fourth-order valence-electron chi connectivity index (χ4n) is 1.87. The van der Waals surface area contributed by atoms with Crippen LogP contribution in [0.3, 0.4) is 0 Å². The monoisotopic (exact) mass is 220 g/mol. The number of aromatic nitrogens is 2. The summed E-state index contributed by atoms with van der Waals surface area (Å²) in [5.41, 5.74) is 7.41. The van der Waals surface area contributed by atoms with E-state index in [0.29, 0.717) is 17.9 Å². The van der Waals surface area contributed by atoms with Crippen LogP contribution in [0.4, 0.5) is 5.82 Å². The van der Waals surface area contributed by atoms with Gasteiger partial charge in [0.25, 0.3) is 5.91 Å². The Labute approximate surface area is 94.1 Å². The lowest BCUT2D eigenvalue weighted by Crippen LogP contribution is -2.25. The maximum absolute atomic E-state index is 11.6. The number of anilines is 1. The predicted octanol–water partition coefficient (Wildman–Crippen LogP) is 1.22. The van der Waals surface area contributed by atoms with Crippen molar-refractivity contribution in [3.05, 3.63) is 23.4 Å². The van der Waals surface area contributed by atoms with E-state index in [0.717, 1.165) is 6.42 Å². The highest BCUT2D eigenvalue weighted by molar-refractivity contribution is 5.98. The quantitative estimate of drug-likeness (QED) is 0.667. The van der Waals surface area contributed by atoms with Gasteiger partial charge in [0.2, 0.25) is 0 Å². The lowest BCUT2D eigenvalue weighted by atomic mass is 10.1. The van der Waals surface area contributed by atoms with Crippen LogP contribution in [-0.4, -0.2) is 22.6 Å². The second-order valence-corrected chi connectivity index (χ2v) is 3.96. The first-order valence-electron chi connectivity index (χ1n) is 5.52. The Balaban J connectivity index is 1.78. The molecule has 16 heavy (non-hydrogen) atoms. The molecular weight excluding hydrogens is 204 g/mol. The number of H-pyrrole nitrogens is 1. The average molecular weight is 220 g/mol. The van der Waals surface area contributed by atoms with Gasteiger partial charge in [0.15, 0.2) is 0 Å². The zero-order valence-corrected chi connectivity index (χ0v) is 9.12. The van der Waals surface area contributed by atoms with Crippen molar-refractivity contribution in [2.24, 2.45) is 0 Å². The van der Waals surface area contributed by atoms with Crippen molar-refractivity contribution in [1.82, 2.24) is 15.5 Å². The number of aromatic amines is 1. The summed E-state index contributed by atoms with van der Waals surface area (Å²) in [6.07, 6.45) is 8.24. The Hall–Kier alpha value is -1.78. The number of nitrogen functional groups attached to an aromatic ring is 1. The number of nitrogens with one attached hydrogen (secondary N) is 2. The predicted molar refractivity (Wildman–Crippen MR) is 61.9 cm³/mol. The molecule has 4 N–H and O–H groups in total. The molecule has 1 aromatic rings. The van der Waals surface area contributed by atoms with Crippen LogP contribution in [0.1, 0.15) is 36.0 Å². The van der Waals surface area contributed by atoms with Gasteiger partial charge in [-0.1, -0.05) is 11.6 Å². The van der Waals surface area contributed by atoms with Crippen LogP contribution >= 0.6 is 0 Å². The van der Waals surface area contributed by atoms with Gasteiger partial charge in [-0.05, 0) is 25.7 Å². The minimum absolute atomic E-state index is 0.162. The molecule has 1 amide bonds. The molecule has 0 fully saturated rings. The molecule has 1 aliphatic rings. The molecule has 1 aliphatic carbocycles. The van der Waals surface area contributed by atoms with Gasteiger partial charge in [0, 0.05) is 6.54 Å². The number of rotatable bonds is 4. The highest BCUT2D eigenvalue weighted by Gasteiger charge is 2.11. The van der Waals surface area contributed by atoms with Crippen molar-refractivity contribution in [3.8, 4) is 0 Å². The largest absolute Gasteiger partial charge is 0.383 e. The number of nitrogens with zero attached hydrogens (tertiary/aromatic N) is 1. The number of carbonyl (C=O) groups excluding carboxylic acids is 1. The zero-order valence-electron chi connectivity index (χ0n) is 9.12. The standard InChI is InChI=1S/C11H16N4O/c12-10-9(7-14-15-10)11(16)13-6-5-8-3-1-2-4-8/h3,7H,1-2,4-6H2,(H,13,16)(H3,12,14,15). The van der Waals surface area contributed by atoms with Gasteiger partial charge >= 0.3 is 0 Å². The first-order valence-corrected chi connectivity index (χ1v) is 5.52. The van der Waals surface area contributed by atoms with Crippen LogP contribution < -0.4 is 11.1 Å². The van der Waals surface area contributed by atoms with Crippen LogP contribution in [0.25, 0.3) is 0 Å². The highest BCUT2D eigenvalue weighted by atomic mass is 16.1. The van der Waals surface area contributed by atoms with Gasteiger partial charge in [-0.25, -0.2) is 0 Å². The maximum atomic E-state index is 11.6. The zero-order chi connectivity index (χ0) is 11.4. The molecule has 0 atom stereocenters. The number of hydrogen-bond donors (Lipinski definition) is 3. The maximum Gasteiger partial charge on any atom is 0.256 e. The normalized spacial score (nSPS) is 14.9. The van der Waals surface area contributed by atoms with Crippen LogP contribution in [0.15, 0.2) is 17.8 Å². The molecule has 86 valence electrons. The second kappa shape index (κ2) is 4.83. The van der Waals surface area contributed by atoms with Gasteiger partial charge in [-0.15, -0.1) is 0 Å². The fourth-order valence-corrected chi connectivity index (χ4v) is 1.87. The summed E-state index contributed by atoms with van der Waals surface area (Å²) in [7, 11) is 0. The lowest BCUT2D eigenvalue weighted by molar-refractivity contribution is 0.0955. The van der Waals surface area contributed by atoms with Crippen LogP contribution in [0.2, 0.25) is 0 Å². The molecule has 1 aromatic heterocycles. The molecule has 5 heteroatoms. The van der Waals surface area contributed by atoms with Gasteiger partial charge < -0.3 is 11.1 Å². The molecule has 5 nitrogen and oxygen atoms in total. The summed E-state index contributed by atoms with van der Waals surface area (Å²) in [6, 6.07) is 0. The third-order valence-corrected chi connectivity index (χ3v) is 2.78. The Morgan fingerprint density at radius 2 is 2.50 bits per heavy atom. The van der Waals surface area contributed by atoms with Gasteiger partial charge in [0.1, 0.15) is 11.4 Å². The molecule has 0 bridgehead atoms. The van der Waals surface area contributed by atoms with Crippen molar-refractivity contribution in [2.45, 2.75) is 25.7 Å². The summed E-state index contributed by atoms with van der Waals surface area (Å²) in [6.45, 7) is 0.662. The third-order valence-electron chi connectivity index (χ3n) is 2.78. The number of allylic oxidation sites excluding steroid dienone is 1. The summed E-state index contributed by atoms with van der Waals surface area (Å²) in [4.78, 5) is 11.6. The molecule has 0 aromatic carbocycles. The molecule has 0 saturated heterocycles. The minimum atomic E-state index is -0.162. The molecule has 0 radical (unpaired) electrons. The van der Waals surface area contributed by atoms with Gasteiger partial charge in [-0.3, -0.25) is 9.89 Å². The van der Waals surface area contributed by atoms with E-state index in [1.165, 1.54) is 31.0 Å². The molecule has 1 heterocycles. The lowest BCUT2D eigenvalue weighted by Gasteiger charge is -2.04. The van der Waals surface area contributed by atoms with Crippen molar-refractivity contribution < 1.29 is 4.79 Å². The summed E-state index contributed by atoms with van der Waals surface area (Å²) < 4.78 is 0. The molecule has 2 rings (SSSR count). The van der Waals surface area contributed by atoms with Crippen molar-refractivity contribution >= 4 is 11.7 Å². The average Bonchev–Trinajstić information content (AvgIpc) is 2.88. The van der Waals surface area contributed by atoms with E-state index < -0.39 is 0 Å². The second-order valence-electron chi connectivity index (χ2n) is 3.96. The van der Waals surface area contributed by atoms with Crippen molar-refractivity contribution in [2.75, 3.05) is 12.3 Å². The highest BCUT2D eigenvalue weighted by Crippen LogP contribution is 2.19. The molecule has 0 spiro atoms. The van der Waals surface area contributed by atoms with E-state index in [1.54, 1.807) is 0 Å². The third kappa shape index (κ3) is 2.42. The van der Waals surface area contributed by atoms with E-state index in [9.17, 15) is 4.79 Å². The molecule has 0 saturated carbocycles. The summed E-state index contributed by atoms with van der Waals surface area (Å²) in [5.74, 6) is 0.155. The summed E-state index contributed by atoms with van der Waals surface area (Å²) in [5, 5.41) is 9.08. The van der Waals surface area contributed by atoms with Gasteiger partial charge in [0.05, 0.1) is 6.20 Å². The number of amides is 1. The van der Waals surface area contributed by atoms with Crippen LogP contribution in [-0.2, 0) is 0 Å². The minimum Gasteiger partial charge on any atom is -0.383 e. The van der Waals surface area contributed by atoms with E-state index in [4.69, 9.17) is 5.73 Å². The SMILES string of the molecule is Nc1[nH]ncc1C(=O)NCCC1=CCCC1. The fraction of sp³-hybridized carbons (Fsp3) is 0.455. The topological polar surface area (TPSA) is 83.8 Å². The smallest absolute Gasteiger partial charge is 0.256 e. The summed E-state index contributed by atoms with van der Waals surface area (Å²) >= 11 is 0. The van der Waals surface area contributed by atoms with Gasteiger partial charge in [-0.2, -0.15) is 5.10 Å². The first kappa shape index (κ1) is 10.7. The van der Waals surface area contributed by atoms with Crippen molar-refractivity contribution in [3.63, 3.8) is 0 Å². The van der Waals surface area contributed by atoms with E-state index in [-0.39, 0.29) is 5.91 Å². The van der Waals surface area contributed by atoms with Crippen LogP contribution in [0.5, 0.6) is 0 Å². The molecule has 0 unspecified atom stereocenters. The molecular formula is C11H16N4O. The van der Waals surface area contributed by atoms with E-state index >= 15 is 0 Å².